The fourth-order valence-corrected chi connectivity index (χ4v) is 5.20. The van der Waals surface area contributed by atoms with Gasteiger partial charge in [-0.25, -0.2) is 8.42 Å². The zero-order valence-corrected chi connectivity index (χ0v) is 18.3. The van der Waals surface area contributed by atoms with E-state index in [-0.39, 0.29) is 12.9 Å². The summed E-state index contributed by atoms with van der Waals surface area (Å²) < 4.78 is 26.9. The number of likely N-dealkylation sites (N-methyl/N-ethyl adjacent to an activating group) is 1. The van der Waals surface area contributed by atoms with Crippen LogP contribution < -0.4 is 0 Å². The van der Waals surface area contributed by atoms with Crippen LogP contribution in [0.25, 0.3) is 0 Å². The fraction of sp³-hybridized carbons (Fsp3) is 0.632. The molecule has 2 fully saturated rings. The quantitative estimate of drug-likeness (QED) is 0.638. The van der Waals surface area contributed by atoms with Crippen molar-refractivity contribution < 1.29 is 28.2 Å². The summed E-state index contributed by atoms with van der Waals surface area (Å²) in [5.41, 5.74) is 0. The number of nitrogens with zero attached hydrogens (tertiary/aromatic N) is 4. The van der Waals surface area contributed by atoms with Crippen LogP contribution in [-0.4, -0.2) is 103 Å². The molecule has 11 heteroatoms. The molecule has 0 aliphatic carbocycles. The standard InChI is InChI=1S/C17H28N4O2S.2CH2O2/c1-15-13-19(2)10-11-20(15)14-16-5-8-21(9-6-16)24(22,23)17-4-3-7-18-12-17;2*2-1-3/h3-4,7,12,15-16H,5-6,8-11,13-14H2,1-2H3;2*1H,(H,2,3). The van der Waals surface area contributed by atoms with Crippen LogP contribution in [0.5, 0.6) is 0 Å². The monoisotopic (exact) mass is 444 g/mol. The molecule has 0 saturated carbocycles. The van der Waals surface area contributed by atoms with E-state index in [4.69, 9.17) is 19.8 Å². The van der Waals surface area contributed by atoms with Gasteiger partial charge < -0.3 is 15.1 Å². The lowest BCUT2D eigenvalue weighted by Gasteiger charge is -2.41. The van der Waals surface area contributed by atoms with Crippen LogP contribution in [0, 0.1) is 5.92 Å². The highest BCUT2D eigenvalue weighted by molar-refractivity contribution is 7.89. The summed E-state index contributed by atoms with van der Waals surface area (Å²) >= 11 is 0. The molecule has 2 aliphatic rings. The minimum Gasteiger partial charge on any atom is -0.483 e. The number of aromatic nitrogens is 1. The Kier molecular flexibility index (Phi) is 11.5. The van der Waals surface area contributed by atoms with E-state index in [9.17, 15) is 8.42 Å². The third-order valence-electron chi connectivity index (χ3n) is 5.31. The first kappa shape index (κ1) is 26.0. The maximum atomic E-state index is 12.6. The van der Waals surface area contributed by atoms with E-state index in [2.05, 4.69) is 28.8 Å². The first-order chi connectivity index (χ1) is 14.3. The maximum Gasteiger partial charge on any atom is 0.290 e. The molecular weight excluding hydrogens is 412 g/mol. The Morgan fingerprint density at radius 3 is 2.23 bits per heavy atom. The lowest BCUT2D eigenvalue weighted by Crippen LogP contribution is -2.52. The number of carboxylic acid groups (broad SMARTS) is 2. The normalized spacial score (nSPS) is 21.5. The van der Waals surface area contributed by atoms with Crippen molar-refractivity contribution in [2.24, 2.45) is 5.92 Å². The third kappa shape index (κ3) is 7.98. The average molecular weight is 445 g/mol. The van der Waals surface area contributed by atoms with Gasteiger partial charge in [0.1, 0.15) is 4.90 Å². The van der Waals surface area contributed by atoms with Crippen LogP contribution in [0.1, 0.15) is 19.8 Å². The molecule has 0 spiro atoms. The van der Waals surface area contributed by atoms with Crippen molar-refractivity contribution in [3.8, 4) is 0 Å². The third-order valence-corrected chi connectivity index (χ3v) is 7.19. The fourth-order valence-electron chi connectivity index (χ4n) is 3.76. The molecule has 0 radical (unpaired) electrons. The number of hydrogen-bond donors (Lipinski definition) is 2. The van der Waals surface area contributed by atoms with Gasteiger partial charge in [-0.05, 0) is 44.9 Å². The Labute approximate surface area is 178 Å². The Balaban J connectivity index is 0.000000672. The number of piperazine rings is 1. The van der Waals surface area contributed by atoms with Gasteiger partial charge in [0.25, 0.3) is 12.9 Å². The summed E-state index contributed by atoms with van der Waals surface area (Å²) in [5, 5.41) is 13.8. The molecule has 170 valence electrons. The molecule has 1 aromatic rings. The molecule has 0 aromatic carbocycles. The first-order valence-corrected chi connectivity index (χ1v) is 11.2. The zero-order valence-electron chi connectivity index (χ0n) is 17.5. The minimum atomic E-state index is -3.39. The first-order valence-electron chi connectivity index (χ1n) is 9.78. The predicted octanol–water partition coefficient (Wildman–Crippen LogP) is 0.520. The second-order valence-electron chi connectivity index (χ2n) is 7.35. The van der Waals surface area contributed by atoms with E-state index in [1.165, 1.54) is 6.20 Å². The molecule has 3 rings (SSSR count). The number of piperidine rings is 1. The second kappa shape index (κ2) is 13.3. The molecule has 1 atom stereocenters. The predicted molar refractivity (Wildman–Crippen MR) is 112 cm³/mol. The molecule has 2 aliphatic heterocycles. The van der Waals surface area contributed by atoms with Crippen molar-refractivity contribution in [1.29, 1.82) is 0 Å². The van der Waals surface area contributed by atoms with Gasteiger partial charge in [-0.15, -0.1) is 0 Å². The number of carbonyl (C=O) groups is 2. The molecule has 0 amide bonds. The van der Waals surface area contributed by atoms with Gasteiger partial charge in [-0.1, -0.05) is 0 Å². The summed E-state index contributed by atoms with van der Waals surface area (Å²) in [7, 11) is -1.21. The molecule has 10 nitrogen and oxygen atoms in total. The van der Waals surface area contributed by atoms with E-state index in [0.29, 0.717) is 29.9 Å². The van der Waals surface area contributed by atoms with E-state index in [1.54, 1.807) is 22.6 Å². The summed E-state index contributed by atoms with van der Waals surface area (Å²) in [4.78, 5) is 25.9. The van der Waals surface area contributed by atoms with E-state index in [1.807, 2.05) is 0 Å². The van der Waals surface area contributed by atoms with Crippen molar-refractivity contribution in [3.05, 3.63) is 24.5 Å². The minimum absolute atomic E-state index is 0.250. The van der Waals surface area contributed by atoms with Gasteiger partial charge in [0.2, 0.25) is 10.0 Å². The lowest BCUT2D eigenvalue weighted by atomic mass is 9.96. The molecule has 1 unspecified atom stereocenters. The van der Waals surface area contributed by atoms with Gasteiger partial charge in [-0.3, -0.25) is 19.5 Å². The van der Waals surface area contributed by atoms with Gasteiger partial charge in [0.15, 0.2) is 0 Å². The van der Waals surface area contributed by atoms with Gasteiger partial charge >= 0.3 is 0 Å². The van der Waals surface area contributed by atoms with Crippen molar-refractivity contribution in [1.82, 2.24) is 19.1 Å². The summed E-state index contributed by atoms with van der Waals surface area (Å²) in [6, 6.07) is 3.88. The Bertz CT molecular complexity index is 720. The van der Waals surface area contributed by atoms with Gasteiger partial charge in [-0.2, -0.15) is 4.31 Å². The highest BCUT2D eigenvalue weighted by Crippen LogP contribution is 2.25. The molecule has 30 heavy (non-hydrogen) atoms. The van der Waals surface area contributed by atoms with Crippen molar-refractivity contribution in [2.75, 3.05) is 46.3 Å². The van der Waals surface area contributed by atoms with Gasteiger partial charge in [0, 0.05) is 57.7 Å². The average Bonchev–Trinajstić information content (AvgIpc) is 2.72. The van der Waals surface area contributed by atoms with E-state index < -0.39 is 10.0 Å². The zero-order chi connectivity index (χ0) is 22.6. The highest BCUT2D eigenvalue weighted by Gasteiger charge is 2.31. The Morgan fingerprint density at radius 2 is 1.73 bits per heavy atom. The number of rotatable bonds is 4. The highest BCUT2D eigenvalue weighted by atomic mass is 32.2. The van der Waals surface area contributed by atoms with Gasteiger partial charge in [0.05, 0.1) is 0 Å². The largest absolute Gasteiger partial charge is 0.483 e. The number of sulfonamides is 1. The van der Waals surface area contributed by atoms with Crippen molar-refractivity contribution in [2.45, 2.75) is 30.7 Å². The van der Waals surface area contributed by atoms with Crippen LogP contribution in [0.4, 0.5) is 0 Å². The number of pyridine rings is 1. The summed E-state index contributed by atoms with van der Waals surface area (Å²) in [6.45, 7) is 7.47. The number of hydrogen-bond acceptors (Lipinski definition) is 7. The Morgan fingerprint density at radius 1 is 1.13 bits per heavy atom. The molecular formula is C19H32N4O6S. The lowest BCUT2D eigenvalue weighted by molar-refractivity contribution is -0.123. The molecule has 3 heterocycles. The summed E-state index contributed by atoms with van der Waals surface area (Å²) in [6.07, 6.45) is 4.92. The molecule has 1 aromatic heterocycles. The Hall–Kier alpha value is -2.08. The smallest absolute Gasteiger partial charge is 0.290 e. The van der Waals surface area contributed by atoms with E-state index >= 15 is 0 Å². The van der Waals surface area contributed by atoms with Crippen LogP contribution in [-0.2, 0) is 19.6 Å². The van der Waals surface area contributed by atoms with Crippen LogP contribution >= 0.6 is 0 Å². The maximum absolute atomic E-state index is 12.6. The van der Waals surface area contributed by atoms with Crippen LogP contribution in [0.15, 0.2) is 29.4 Å². The molecule has 2 N–H and O–H groups in total. The van der Waals surface area contributed by atoms with Crippen LogP contribution in [0.2, 0.25) is 0 Å². The molecule has 2 saturated heterocycles. The SMILES string of the molecule is CC1CN(C)CCN1CC1CCN(S(=O)(=O)c2cccnc2)CC1.O=CO.O=CO. The van der Waals surface area contributed by atoms with Crippen molar-refractivity contribution in [3.63, 3.8) is 0 Å². The summed E-state index contributed by atoms with van der Waals surface area (Å²) in [5.74, 6) is 0.594. The van der Waals surface area contributed by atoms with Crippen molar-refractivity contribution >= 4 is 23.0 Å². The van der Waals surface area contributed by atoms with E-state index in [0.717, 1.165) is 39.0 Å². The van der Waals surface area contributed by atoms with Crippen LogP contribution in [0.3, 0.4) is 0 Å². The topological polar surface area (TPSA) is 131 Å². The second-order valence-corrected chi connectivity index (χ2v) is 9.29. The molecule has 0 bridgehead atoms.